The smallest absolute Gasteiger partial charge is 0.204 e. The summed E-state index contributed by atoms with van der Waals surface area (Å²) in [6.45, 7) is 4.12. The summed E-state index contributed by atoms with van der Waals surface area (Å²) in [7, 11) is 0. The van der Waals surface area contributed by atoms with Crippen LogP contribution in [0.5, 0.6) is 5.75 Å². The van der Waals surface area contributed by atoms with E-state index in [0.717, 1.165) is 26.7 Å². The molecule has 0 saturated heterocycles. The molecule has 0 bridgehead atoms. The molecule has 0 aliphatic heterocycles. The summed E-state index contributed by atoms with van der Waals surface area (Å²) in [5.41, 5.74) is 4.90. The van der Waals surface area contributed by atoms with E-state index in [0.29, 0.717) is 6.61 Å². The number of hydrazone groups is 1. The molecule has 3 rings (SSSR count). The fourth-order valence-corrected chi connectivity index (χ4v) is 2.74. The minimum absolute atomic E-state index is 0.491. The molecule has 0 amide bonds. The maximum atomic E-state index is 5.49. The van der Waals surface area contributed by atoms with Gasteiger partial charge in [0.25, 0.3) is 0 Å². The van der Waals surface area contributed by atoms with Gasteiger partial charge in [-0.3, -0.25) is 5.43 Å². The van der Waals surface area contributed by atoms with Crippen LogP contribution in [0.1, 0.15) is 5.56 Å². The number of rotatable bonds is 6. The van der Waals surface area contributed by atoms with E-state index in [1.807, 2.05) is 48.5 Å². The maximum absolute atomic E-state index is 5.49. The first-order valence-electron chi connectivity index (χ1n) is 6.83. The molecule has 0 fully saturated rings. The average Bonchev–Trinajstić information content (AvgIpc) is 2.96. The molecule has 1 aromatic heterocycles. The minimum Gasteiger partial charge on any atom is -0.490 e. The molecule has 3 aromatic rings. The summed E-state index contributed by atoms with van der Waals surface area (Å²) < 4.78 is 6.63. The average molecular weight is 309 g/mol. The molecule has 0 unspecified atom stereocenters. The lowest BCUT2D eigenvalue weighted by Gasteiger charge is -2.03. The number of hydrogen-bond donors (Lipinski definition) is 1. The number of thiazole rings is 1. The van der Waals surface area contributed by atoms with Gasteiger partial charge in [-0.2, -0.15) is 5.10 Å². The molecule has 0 spiro atoms. The predicted octanol–water partition coefficient (Wildman–Crippen LogP) is 4.31. The Kier molecular flexibility index (Phi) is 4.46. The number of aromatic nitrogens is 1. The Labute approximate surface area is 132 Å². The van der Waals surface area contributed by atoms with Crippen molar-refractivity contribution in [1.82, 2.24) is 4.98 Å². The molecule has 4 nitrogen and oxygen atoms in total. The van der Waals surface area contributed by atoms with Gasteiger partial charge in [-0.05, 0) is 29.8 Å². The van der Waals surface area contributed by atoms with Crippen molar-refractivity contribution >= 4 is 32.9 Å². The van der Waals surface area contributed by atoms with E-state index in [-0.39, 0.29) is 0 Å². The molecule has 22 heavy (non-hydrogen) atoms. The number of nitrogens with zero attached hydrogens (tertiary/aromatic N) is 2. The maximum Gasteiger partial charge on any atom is 0.204 e. The Morgan fingerprint density at radius 3 is 3.00 bits per heavy atom. The van der Waals surface area contributed by atoms with Crippen molar-refractivity contribution in [3.63, 3.8) is 0 Å². The van der Waals surface area contributed by atoms with Crippen LogP contribution < -0.4 is 10.2 Å². The van der Waals surface area contributed by atoms with Gasteiger partial charge in [-0.1, -0.05) is 48.3 Å². The van der Waals surface area contributed by atoms with Gasteiger partial charge in [0.2, 0.25) is 5.13 Å². The van der Waals surface area contributed by atoms with Gasteiger partial charge in [0.05, 0.1) is 16.4 Å². The highest BCUT2D eigenvalue weighted by atomic mass is 32.1. The van der Waals surface area contributed by atoms with E-state index in [4.69, 9.17) is 4.74 Å². The predicted molar refractivity (Wildman–Crippen MR) is 93.0 cm³/mol. The Morgan fingerprint density at radius 2 is 2.14 bits per heavy atom. The molecule has 1 heterocycles. The lowest BCUT2D eigenvalue weighted by Crippen LogP contribution is -1.94. The van der Waals surface area contributed by atoms with Gasteiger partial charge in [-0.15, -0.1) is 0 Å². The number of fused-ring (bicyclic) bond motifs is 1. The number of hydrogen-bond acceptors (Lipinski definition) is 5. The third-order valence-electron chi connectivity index (χ3n) is 2.89. The quantitative estimate of drug-likeness (QED) is 0.419. The van der Waals surface area contributed by atoms with Gasteiger partial charge in [0, 0.05) is 0 Å². The molecule has 0 aliphatic carbocycles. The molecule has 0 atom stereocenters. The van der Waals surface area contributed by atoms with Crippen molar-refractivity contribution in [3.8, 4) is 5.75 Å². The summed E-state index contributed by atoms with van der Waals surface area (Å²) in [5, 5.41) is 5.00. The zero-order valence-corrected chi connectivity index (χ0v) is 12.7. The van der Waals surface area contributed by atoms with Crippen LogP contribution in [0.4, 0.5) is 5.13 Å². The van der Waals surface area contributed by atoms with Crippen molar-refractivity contribution in [3.05, 3.63) is 66.7 Å². The van der Waals surface area contributed by atoms with E-state index >= 15 is 0 Å². The zero-order chi connectivity index (χ0) is 15.2. The summed E-state index contributed by atoms with van der Waals surface area (Å²) in [6.07, 6.45) is 3.46. The van der Waals surface area contributed by atoms with Crippen LogP contribution in [0.2, 0.25) is 0 Å². The van der Waals surface area contributed by atoms with Crippen molar-refractivity contribution in [1.29, 1.82) is 0 Å². The molecule has 0 radical (unpaired) electrons. The topological polar surface area (TPSA) is 46.5 Å². The molecule has 0 saturated carbocycles. The number of benzene rings is 2. The van der Waals surface area contributed by atoms with Crippen LogP contribution in [-0.2, 0) is 0 Å². The van der Waals surface area contributed by atoms with Crippen molar-refractivity contribution in [2.75, 3.05) is 12.0 Å². The Hall–Kier alpha value is -2.66. The highest BCUT2D eigenvalue weighted by molar-refractivity contribution is 7.22. The molecule has 1 N–H and O–H groups in total. The van der Waals surface area contributed by atoms with Gasteiger partial charge in [0.1, 0.15) is 12.4 Å². The van der Waals surface area contributed by atoms with Gasteiger partial charge in [-0.25, -0.2) is 4.98 Å². The number of anilines is 1. The Morgan fingerprint density at radius 1 is 1.23 bits per heavy atom. The second kappa shape index (κ2) is 6.87. The Bertz CT molecular complexity index is 777. The SMILES string of the molecule is C=CCOc1cccc(/C=N\Nc2nc3ccccc3s2)c1. The molecule has 2 aromatic carbocycles. The lowest BCUT2D eigenvalue weighted by atomic mass is 10.2. The Balaban J connectivity index is 1.67. The van der Waals surface area contributed by atoms with Crippen molar-refractivity contribution in [2.24, 2.45) is 5.10 Å². The van der Waals surface area contributed by atoms with E-state index in [1.54, 1.807) is 23.6 Å². The fraction of sp³-hybridized carbons (Fsp3) is 0.0588. The first-order chi connectivity index (χ1) is 10.8. The summed E-state index contributed by atoms with van der Waals surface area (Å²) in [6, 6.07) is 15.7. The lowest BCUT2D eigenvalue weighted by molar-refractivity contribution is 0.363. The normalized spacial score (nSPS) is 10.9. The fourth-order valence-electron chi connectivity index (χ4n) is 1.92. The largest absolute Gasteiger partial charge is 0.490 e. The third-order valence-corrected chi connectivity index (χ3v) is 3.83. The van der Waals surface area contributed by atoms with Crippen LogP contribution in [0, 0.1) is 0 Å². The van der Waals surface area contributed by atoms with Crippen LogP contribution in [0.25, 0.3) is 10.2 Å². The highest BCUT2D eigenvalue weighted by Crippen LogP contribution is 2.25. The zero-order valence-electron chi connectivity index (χ0n) is 11.9. The summed E-state index contributed by atoms with van der Waals surface area (Å²) >= 11 is 1.57. The van der Waals surface area contributed by atoms with E-state index in [1.165, 1.54) is 0 Å². The van der Waals surface area contributed by atoms with Crippen LogP contribution >= 0.6 is 11.3 Å². The number of nitrogens with one attached hydrogen (secondary N) is 1. The molecule has 5 heteroatoms. The van der Waals surface area contributed by atoms with Crippen LogP contribution in [0.3, 0.4) is 0 Å². The van der Waals surface area contributed by atoms with Gasteiger partial charge in [0.15, 0.2) is 0 Å². The molecule has 110 valence electrons. The van der Waals surface area contributed by atoms with E-state index in [2.05, 4.69) is 22.1 Å². The molecule has 0 aliphatic rings. The second-order valence-corrected chi connectivity index (χ2v) is 5.56. The minimum atomic E-state index is 0.491. The molecular formula is C17H15N3OS. The van der Waals surface area contributed by atoms with Gasteiger partial charge >= 0.3 is 0 Å². The van der Waals surface area contributed by atoms with E-state index < -0.39 is 0 Å². The van der Waals surface area contributed by atoms with Crippen molar-refractivity contribution < 1.29 is 4.74 Å². The first kappa shape index (κ1) is 14.3. The second-order valence-electron chi connectivity index (χ2n) is 4.53. The molecular weight excluding hydrogens is 294 g/mol. The standard InChI is InChI=1S/C17H15N3OS/c1-2-10-21-14-7-5-6-13(11-14)12-18-20-17-19-15-8-3-4-9-16(15)22-17/h2-9,11-12H,1,10H2,(H,19,20)/b18-12-. The van der Waals surface area contributed by atoms with Crippen LogP contribution in [0.15, 0.2) is 66.3 Å². The summed E-state index contributed by atoms with van der Waals surface area (Å²) in [5.74, 6) is 0.795. The highest BCUT2D eigenvalue weighted by Gasteiger charge is 2.00. The van der Waals surface area contributed by atoms with E-state index in [9.17, 15) is 0 Å². The van der Waals surface area contributed by atoms with Crippen LogP contribution in [-0.4, -0.2) is 17.8 Å². The number of ether oxygens (including phenoxy) is 1. The summed E-state index contributed by atoms with van der Waals surface area (Å²) in [4.78, 5) is 4.46. The first-order valence-corrected chi connectivity index (χ1v) is 7.65. The monoisotopic (exact) mass is 309 g/mol. The number of para-hydroxylation sites is 1. The van der Waals surface area contributed by atoms with Gasteiger partial charge < -0.3 is 4.74 Å². The third kappa shape index (κ3) is 3.51. The van der Waals surface area contributed by atoms with Crippen molar-refractivity contribution in [2.45, 2.75) is 0 Å².